The van der Waals surface area contributed by atoms with Crippen LogP contribution in [0.2, 0.25) is 4.34 Å². The van der Waals surface area contributed by atoms with Gasteiger partial charge in [-0.2, -0.15) is 0 Å². The average Bonchev–Trinajstić information content (AvgIpc) is 2.47. The van der Waals surface area contributed by atoms with Gasteiger partial charge in [0.25, 0.3) is 0 Å². The summed E-state index contributed by atoms with van der Waals surface area (Å²) in [6.07, 6.45) is 0. The highest BCUT2D eigenvalue weighted by Crippen LogP contribution is 2.22. The molecule has 0 fully saturated rings. The lowest BCUT2D eigenvalue weighted by atomic mass is 10.3. The molecule has 0 bridgehead atoms. The Kier molecular flexibility index (Phi) is 3.98. The Hall–Kier alpha value is -0.120. The predicted molar refractivity (Wildman–Crippen MR) is 51.6 cm³/mol. The van der Waals surface area contributed by atoms with E-state index >= 15 is 0 Å². The third kappa shape index (κ3) is 2.73. The quantitative estimate of drug-likeness (QED) is 0.801. The molecule has 12 heavy (non-hydrogen) atoms. The number of alkyl halides is 1. The summed E-state index contributed by atoms with van der Waals surface area (Å²) in [6.45, 7) is 2.11. The Labute approximate surface area is 80.6 Å². The average molecular weight is 208 g/mol. The summed E-state index contributed by atoms with van der Waals surface area (Å²) >= 11 is 7.35. The van der Waals surface area contributed by atoms with Crippen LogP contribution >= 0.6 is 22.9 Å². The van der Waals surface area contributed by atoms with E-state index in [0.29, 0.717) is 6.54 Å². The lowest BCUT2D eigenvalue weighted by Gasteiger charge is -2.08. The second-order valence-electron chi connectivity index (χ2n) is 2.66. The van der Waals surface area contributed by atoms with Crippen molar-refractivity contribution in [2.24, 2.45) is 0 Å². The van der Waals surface area contributed by atoms with E-state index in [-0.39, 0.29) is 12.7 Å². The van der Waals surface area contributed by atoms with Crippen LogP contribution in [0.4, 0.5) is 4.39 Å². The summed E-state index contributed by atoms with van der Waals surface area (Å²) in [5.41, 5.74) is 1.04. The fourth-order valence-electron chi connectivity index (χ4n) is 0.784. The van der Waals surface area contributed by atoms with Crippen LogP contribution in [-0.2, 0) is 6.54 Å². The molecule has 1 nitrogen and oxygen atoms in total. The molecule has 1 rings (SSSR count). The van der Waals surface area contributed by atoms with Gasteiger partial charge in [0, 0.05) is 12.6 Å². The van der Waals surface area contributed by atoms with Crippen molar-refractivity contribution >= 4 is 22.9 Å². The van der Waals surface area contributed by atoms with Gasteiger partial charge in [-0.3, -0.25) is 0 Å². The summed E-state index contributed by atoms with van der Waals surface area (Å²) in [5.74, 6) is 0. The molecular formula is C8H11ClFNS. The van der Waals surface area contributed by atoms with Crippen molar-refractivity contribution < 1.29 is 4.39 Å². The second-order valence-corrected chi connectivity index (χ2v) is 4.17. The van der Waals surface area contributed by atoms with E-state index in [1.165, 1.54) is 11.3 Å². The number of rotatable bonds is 4. The van der Waals surface area contributed by atoms with Gasteiger partial charge in [0.15, 0.2) is 0 Å². The van der Waals surface area contributed by atoms with E-state index in [9.17, 15) is 4.39 Å². The minimum Gasteiger partial charge on any atom is -0.308 e. The van der Waals surface area contributed by atoms with Crippen LogP contribution < -0.4 is 5.32 Å². The fourth-order valence-corrected chi connectivity index (χ4v) is 1.71. The number of nitrogens with one attached hydrogen (secondary N) is 1. The molecule has 1 N–H and O–H groups in total. The zero-order valence-corrected chi connectivity index (χ0v) is 8.38. The van der Waals surface area contributed by atoms with Gasteiger partial charge in [-0.25, -0.2) is 4.39 Å². The molecule has 0 aliphatic heterocycles. The van der Waals surface area contributed by atoms with E-state index in [4.69, 9.17) is 11.6 Å². The molecular weight excluding hydrogens is 197 g/mol. The summed E-state index contributed by atoms with van der Waals surface area (Å²) < 4.78 is 12.8. The van der Waals surface area contributed by atoms with Gasteiger partial charge in [-0.1, -0.05) is 11.6 Å². The third-order valence-electron chi connectivity index (χ3n) is 1.57. The van der Waals surface area contributed by atoms with Gasteiger partial charge in [-0.15, -0.1) is 11.3 Å². The van der Waals surface area contributed by atoms with Crippen LogP contribution in [0.15, 0.2) is 11.4 Å². The fraction of sp³-hybridized carbons (Fsp3) is 0.500. The van der Waals surface area contributed by atoms with E-state index in [1.54, 1.807) is 6.92 Å². The lowest BCUT2D eigenvalue weighted by molar-refractivity contribution is 0.392. The molecule has 68 valence electrons. The zero-order chi connectivity index (χ0) is 8.97. The van der Waals surface area contributed by atoms with Crippen LogP contribution in [0.25, 0.3) is 0 Å². The number of halogens is 2. The highest BCUT2D eigenvalue weighted by Gasteiger charge is 2.03. The van der Waals surface area contributed by atoms with E-state index < -0.39 is 0 Å². The largest absolute Gasteiger partial charge is 0.308 e. The molecule has 1 atom stereocenters. The van der Waals surface area contributed by atoms with E-state index in [1.807, 2.05) is 11.4 Å². The number of hydrogen-bond acceptors (Lipinski definition) is 2. The monoisotopic (exact) mass is 207 g/mol. The van der Waals surface area contributed by atoms with Crippen molar-refractivity contribution in [3.05, 3.63) is 21.3 Å². The predicted octanol–water partition coefficient (Wildman–Crippen LogP) is 2.85. The molecule has 4 heteroatoms. The molecule has 0 unspecified atom stereocenters. The lowest BCUT2D eigenvalue weighted by Crippen LogP contribution is -2.26. The number of hydrogen-bond donors (Lipinski definition) is 1. The molecule has 0 aliphatic rings. The molecule has 0 aromatic carbocycles. The summed E-state index contributed by atoms with van der Waals surface area (Å²) in [5, 5.41) is 4.95. The van der Waals surface area contributed by atoms with Gasteiger partial charge in [0.1, 0.15) is 6.67 Å². The van der Waals surface area contributed by atoms with Crippen LogP contribution in [0.5, 0.6) is 0 Å². The first-order valence-electron chi connectivity index (χ1n) is 3.75. The SMILES string of the molecule is C[C@@H](CF)NCc1ccsc1Cl. The highest BCUT2D eigenvalue weighted by atomic mass is 35.5. The first kappa shape index (κ1) is 9.96. The second kappa shape index (κ2) is 4.80. The Morgan fingerprint density at radius 3 is 3.00 bits per heavy atom. The van der Waals surface area contributed by atoms with Gasteiger partial charge in [0.2, 0.25) is 0 Å². The molecule has 0 radical (unpaired) electrons. The minimum absolute atomic E-state index is 0.0963. The maximum absolute atomic E-state index is 12.0. The van der Waals surface area contributed by atoms with Crippen LogP contribution in [0.3, 0.4) is 0 Å². The van der Waals surface area contributed by atoms with Crippen molar-refractivity contribution in [2.75, 3.05) is 6.67 Å². The highest BCUT2D eigenvalue weighted by molar-refractivity contribution is 7.14. The van der Waals surface area contributed by atoms with Crippen molar-refractivity contribution in [3.63, 3.8) is 0 Å². The minimum atomic E-state index is -0.345. The Morgan fingerprint density at radius 1 is 1.75 bits per heavy atom. The molecule has 0 spiro atoms. The summed E-state index contributed by atoms with van der Waals surface area (Å²) in [4.78, 5) is 0. The third-order valence-corrected chi connectivity index (χ3v) is 2.82. The molecule has 0 amide bonds. The maximum atomic E-state index is 12.0. The van der Waals surface area contributed by atoms with Crippen LogP contribution in [0, 0.1) is 0 Å². The van der Waals surface area contributed by atoms with Gasteiger partial charge < -0.3 is 5.32 Å². The van der Waals surface area contributed by atoms with Crippen molar-refractivity contribution in [2.45, 2.75) is 19.5 Å². The Bertz CT molecular complexity index is 239. The zero-order valence-electron chi connectivity index (χ0n) is 6.81. The molecule has 1 heterocycles. The molecule has 0 aliphatic carbocycles. The summed E-state index contributed by atoms with van der Waals surface area (Å²) in [6, 6.07) is 1.85. The summed E-state index contributed by atoms with van der Waals surface area (Å²) in [7, 11) is 0. The molecule has 1 aromatic rings. The van der Waals surface area contributed by atoms with E-state index in [2.05, 4.69) is 5.32 Å². The van der Waals surface area contributed by atoms with Gasteiger partial charge in [-0.05, 0) is 23.9 Å². The Balaban J connectivity index is 2.38. The van der Waals surface area contributed by atoms with Crippen molar-refractivity contribution in [1.29, 1.82) is 0 Å². The Morgan fingerprint density at radius 2 is 2.50 bits per heavy atom. The smallest absolute Gasteiger partial charge is 0.104 e. The first-order valence-corrected chi connectivity index (χ1v) is 5.01. The van der Waals surface area contributed by atoms with Gasteiger partial charge in [0.05, 0.1) is 4.34 Å². The maximum Gasteiger partial charge on any atom is 0.104 e. The van der Waals surface area contributed by atoms with Crippen molar-refractivity contribution in [3.8, 4) is 0 Å². The van der Waals surface area contributed by atoms with E-state index in [0.717, 1.165) is 9.90 Å². The molecule has 0 saturated carbocycles. The van der Waals surface area contributed by atoms with Crippen LogP contribution in [0.1, 0.15) is 12.5 Å². The topological polar surface area (TPSA) is 12.0 Å². The normalized spacial score (nSPS) is 13.2. The first-order chi connectivity index (χ1) is 5.74. The standard InChI is InChI=1S/C8H11ClFNS/c1-6(4-10)11-5-7-2-3-12-8(7)9/h2-3,6,11H,4-5H2,1H3/t6-/m0/s1. The number of thiophene rings is 1. The van der Waals surface area contributed by atoms with Crippen LogP contribution in [-0.4, -0.2) is 12.7 Å². The van der Waals surface area contributed by atoms with Crippen molar-refractivity contribution in [1.82, 2.24) is 5.32 Å². The molecule has 0 saturated heterocycles. The molecule has 1 aromatic heterocycles. The van der Waals surface area contributed by atoms with Gasteiger partial charge >= 0.3 is 0 Å².